The average molecular weight is 671 g/mol. The first kappa shape index (κ1) is 29.0. The SMILES string of the molecule is CC(C)(C)c1ccc2c(c1)B1c3ccc4c(oc5ccccc54)c3-c3cc(C(C)(C)C)cc4c3N1c1c-2ccc2c1B4c1oc3ccccc3c1O2. The summed E-state index contributed by atoms with van der Waals surface area (Å²) in [6.45, 7) is 13.7. The number of ether oxygens (including phenoxy) is 1. The molecule has 12 rings (SSSR count). The van der Waals surface area contributed by atoms with E-state index < -0.39 is 0 Å². The quantitative estimate of drug-likeness (QED) is 0.151. The minimum atomic E-state index is -0.138. The van der Waals surface area contributed by atoms with Crippen molar-refractivity contribution in [1.29, 1.82) is 0 Å². The summed E-state index contributed by atoms with van der Waals surface area (Å²) in [5.74, 6) is 1.73. The van der Waals surface area contributed by atoms with Gasteiger partial charge in [0.2, 0.25) is 0 Å². The van der Waals surface area contributed by atoms with Crippen molar-refractivity contribution in [3.8, 4) is 33.8 Å². The molecule has 6 aromatic carbocycles. The number of hydrogen-bond donors (Lipinski definition) is 0. The van der Waals surface area contributed by atoms with Crippen molar-refractivity contribution in [3.05, 3.63) is 114 Å². The van der Waals surface area contributed by atoms with Crippen LogP contribution in [0.2, 0.25) is 0 Å². The van der Waals surface area contributed by atoms with Crippen LogP contribution >= 0.6 is 0 Å². The highest BCUT2D eigenvalue weighted by Crippen LogP contribution is 2.52. The number of para-hydroxylation sites is 2. The van der Waals surface area contributed by atoms with Crippen LogP contribution in [0.15, 0.2) is 112 Å². The largest absolute Gasteiger partial charge is 0.466 e. The van der Waals surface area contributed by atoms with E-state index in [9.17, 15) is 0 Å². The molecule has 6 heteroatoms. The van der Waals surface area contributed by atoms with Gasteiger partial charge in [0.05, 0.1) is 5.39 Å². The predicted molar refractivity (Wildman–Crippen MR) is 217 cm³/mol. The van der Waals surface area contributed by atoms with Crippen LogP contribution in [-0.2, 0) is 10.8 Å². The molecule has 0 N–H and O–H groups in total. The number of nitrogens with zero attached hydrogens (tertiary/aromatic N) is 1. The Labute approximate surface area is 303 Å². The van der Waals surface area contributed by atoms with Crippen molar-refractivity contribution in [2.45, 2.75) is 52.4 Å². The molecule has 0 amide bonds. The topological polar surface area (TPSA) is 38.8 Å². The molecule has 2 aromatic heterocycles. The first-order valence-electron chi connectivity index (χ1n) is 18.5. The van der Waals surface area contributed by atoms with E-state index in [2.05, 4.69) is 143 Å². The van der Waals surface area contributed by atoms with Gasteiger partial charge in [-0.1, -0.05) is 108 Å². The lowest BCUT2D eigenvalue weighted by Gasteiger charge is -2.50. The van der Waals surface area contributed by atoms with E-state index >= 15 is 0 Å². The minimum Gasteiger partial charge on any atom is -0.466 e. The molecule has 6 heterocycles. The molecule has 0 atom stereocenters. The van der Waals surface area contributed by atoms with Gasteiger partial charge in [0.1, 0.15) is 28.2 Å². The molecule has 4 nitrogen and oxygen atoms in total. The molecule has 0 aliphatic carbocycles. The lowest BCUT2D eigenvalue weighted by molar-refractivity contribution is 0.482. The summed E-state index contributed by atoms with van der Waals surface area (Å²) in [5.41, 5.74) is 18.6. The molecule has 0 saturated carbocycles. The van der Waals surface area contributed by atoms with Gasteiger partial charge in [0, 0.05) is 44.3 Å². The third kappa shape index (κ3) is 3.46. The first-order valence-corrected chi connectivity index (χ1v) is 18.5. The molecule has 0 spiro atoms. The van der Waals surface area contributed by atoms with Crippen LogP contribution in [0.1, 0.15) is 52.7 Å². The highest BCUT2D eigenvalue weighted by atomic mass is 16.5. The second-order valence-corrected chi connectivity index (χ2v) is 17.2. The van der Waals surface area contributed by atoms with Crippen molar-refractivity contribution < 1.29 is 13.6 Å². The normalized spacial score (nSPS) is 14.8. The van der Waals surface area contributed by atoms with E-state index in [0.717, 1.165) is 50.1 Å². The molecule has 0 fully saturated rings. The fourth-order valence-corrected chi connectivity index (χ4v) is 9.70. The molecule has 4 aliphatic rings. The molecule has 0 bridgehead atoms. The second-order valence-electron chi connectivity index (χ2n) is 17.2. The zero-order valence-corrected chi connectivity index (χ0v) is 30.1. The maximum atomic E-state index is 6.93. The van der Waals surface area contributed by atoms with Crippen molar-refractivity contribution in [2.75, 3.05) is 4.81 Å². The molecule has 248 valence electrons. The second kappa shape index (κ2) is 9.24. The molecule has 52 heavy (non-hydrogen) atoms. The molecule has 4 aliphatic heterocycles. The van der Waals surface area contributed by atoms with Gasteiger partial charge in [-0.15, -0.1) is 0 Å². The Morgan fingerprint density at radius 3 is 2.06 bits per heavy atom. The highest BCUT2D eigenvalue weighted by molar-refractivity contribution is 7.02. The fourth-order valence-electron chi connectivity index (χ4n) is 9.70. The van der Waals surface area contributed by atoms with Gasteiger partial charge in [-0.25, -0.2) is 0 Å². The van der Waals surface area contributed by atoms with E-state index in [-0.39, 0.29) is 24.4 Å². The van der Waals surface area contributed by atoms with Gasteiger partial charge in [-0.05, 0) is 80.3 Å². The van der Waals surface area contributed by atoms with Gasteiger partial charge >= 0.3 is 13.6 Å². The Kier molecular flexibility index (Phi) is 5.16. The summed E-state index contributed by atoms with van der Waals surface area (Å²) in [6, 6.07) is 38.0. The lowest BCUT2D eigenvalue weighted by Crippen LogP contribution is -2.68. The number of fused-ring (bicyclic) bond motifs is 15. The Morgan fingerprint density at radius 1 is 0.558 bits per heavy atom. The van der Waals surface area contributed by atoms with Crippen LogP contribution in [0.5, 0.6) is 11.5 Å². The Bertz CT molecular complexity index is 2940. The van der Waals surface area contributed by atoms with E-state index in [1.165, 1.54) is 66.6 Å². The molecular weight excluding hydrogens is 636 g/mol. The standard InChI is InChI=1S/C46H35B2NO3/c1-45(2,3)24-15-16-26-28-18-20-37-39-41(28)49-40-31(38-32(48(49)33(26)22-24)19-17-29-27-11-7-9-13-35(27)50-42(29)38)21-25(46(4,5)6)23-34(40)47(39)44-43(51-37)30-12-8-10-14-36(30)52-44/h7-23H,1-6H3. The maximum Gasteiger partial charge on any atom is 0.329 e. The van der Waals surface area contributed by atoms with Crippen LogP contribution in [0.4, 0.5) is 11.4 Å². The summed E-state index contributed by atoms with van der Waals surface area (Å²) in [4.78, 5) is 2.66. The lowest BCUT2D eigenvalue weighted by atomic mass is 9.32. The van der Waals surface area contributed by atoms with Crippen molar-refractivity contribution in [2.24, 2.45) is 0 Å². The number of benzene rings is 6. The maximum absolute atomic E-state index is 6.93. The van der Waals surface area contributed by atoms with Crippen molar-refractivity contribution >= 4 is 85.4 Å². The van der Waals surface area contributed by atoms with Crippen molar-refractivity contribution in [3.63, 3.8) is 0 Å². The third-order valence-corrected chi connectivity index (χ3v) is 12.2. The van der Waals surface area contributed by atoms with Gasteiger partial charge in [0.15, 0.2) is 5.75 Å². The predicted octanol–water partition coefficient (Wildman–Crippen LogP) is 8.77. The van der Waals surface area contributed by atoms with Gasteiger partial charge in [-0.3, -0.25) is 0 Å². The van der Waals surface area contributed by atoms with Crippen LogP contribution in [0.25, 0.3) is 55.2 Å². The Hall–Kier alpha value is -5.61. The number of anilines is 2. The van der Waals surface area contributed by atoms with Crippen LogP contribution < -0.4 is 37.1 Å². The first-order chi connectivity index (χ1) is 25.1. The summed E-state index contributed by atoms with van der Waals surface area (Å²) < 4.78 is 20.7. The molecule has 0 radical (unpaired) electrons. The third-order valence-electron chi connectivity index (χ3n) is 12.2. The van der Waals surface area contributed by atoms with Gasteiger partial charge in [-0.2, -0.15) is 0 Å². The Balaban J connectivity index is 1.29. The number of rotatable bonds is 0. The summed E-state index contributed by atoms with van der Waals surface area (Å²) in [6.07, 6.45) is 0. The van der Waals surface area contributed by atoms with Crippen molar-refractivity contribution in [1.82, 2.24) is 0 Å². The van der Waals surface area contributed by atoms with E-state index in [1.807, 2.05) is 6.07 Å². The Morgan fingerprint density at radius 2 is 1.27 bits per heavy atom. The monoisotopic (exact) mass is 671 g/mol. The summed E-state index contributed by atoms with van der Waals surface area (Å²) in [5, 5.41) is 3.31. The average Bonchev–Trinajstić information content (AvgIpc) is 3.70. The van der Waals surface area contributed by atoms with Gasteiger partial charge < -0.3 is 18.4 Å². The van der Waals surface area contributed by atoms with Gasteiger partial charge in [0.25, 0.3) is 0 Å². The highest BCUT2D eigenvalue weighted by Gasteiger charge is 2.53. The number of furan rings is 2. The zero-order valence-electron chi connectivity index (χ0n) is 30.1. The van der Waals surface area contributed by atoms with Crippen LogP contribution in [0, 0.1) is 0 Å². The minimum absolute atomic E-state index is 0.00541. The molecule has 0 unspecified atom stereocenters. The summed E-state index contributed by atoms with van der Waals surface area (Å²) in [7, 11) is 0. The van der Waals surface area contributed by atoms with Crippen LogP contribution in [0.3, 0.4) is 0 Å². The van der Waals surface area contributed by atoms with Crippen LogP contribution in [-0.4, -0.2) is 13.6 Å². The molecule has 8 aromatic rings. The number of hydrogen-bond acceptors (Lipinski definition) is 4. The molecule has 0 saturated heterocycles. The van der Waals surface area contributed by atoms with E-state index in [1.54, 1.807) is 0 Å². The smallest absolute Gasteiger partial charge is 0.329 e. The van der Waals surface area contributed by atoms with E-state index in [0.29, 0.717) is 0 Å². The van der Waals surface area contributed by atoms with E-state index in [4.69, 9.17) is 13.6 Å². The summed E-state index contributed by atoms with van der Waals surface area (Å²) >= 11 is 0. The molecular formula is C46H35B2NO3. The fraction of sp³-hybridized carbons (Fsp3) is 0.174. The zero-order chi connectivity index (χ0) is 35.0.